The first-order chi connectivity index (χ1) is 9.80. The number of hydrogen-bond donors (Lipinski definition) is 1. The normalized spacial score (nSPS) is 10.9. The van der Waals surface area contributed by atoms with Gasteiger partial charge in [-0.2, -0.15) is 4.98 Å². The van der Waals surface area contributed by atoms with Gasteiger partial charge in [0.1, 0.15) is 11.3 Å². The summed E-state index contributed by atoms with van der Waals surface area (Å²) in [6.45, 7) is 2.89. The molecule has 0 fully saturated rings. The van der Waals surface area contributed by atoms with Crippen LogP contribution in [0.4, 0.5) is 0 Å². The van der Waals surface area contributed by atoms with Crippen LogP contribution in [-0.4, -0.2) is 16.6 Å². The minimum Gasteiger partial charge on any atom is -0.478 e. The van der Waals surface area contributed by atoms with Crippen molar-refractivity contribution in [2.75, 3.05) is 6.61 Å². The van der Waals surface area contributed by atoms with E-state index in [4.69, 9.17) is 14.9 Å². The molecule has 0 bridgehead atoms. The van der Waals surface area contributed by atoms with Crippen molar-refractivity contribution in [3.8, 4) is 17.3 Å². The number of nitrogens with two attached hydrogens (primary N) is 1. The van der Waals surface area contributed by atoms with Crippen LogP contribution >= 0.6 is 0 Å². The monoisotopic (exact) mass is 269 g/mol. The van der Waals surface area contributed by atoms with E-state index in [1.165, 1.54) is 0 Å². The van der Waals surface area contributed by atoms with Crippen molar-refractivity contribution >= 4 is 11.0 Å². The zero-order valence-electron chi connectivity index (χ0n) is 11.2. The maximum absolute atomic E-state index is 5.58. The average Bonchev–Trinajstić information content (AvgIpc) is 2.90. The largest absolute Gasteiger partial charge is 0.478 e. The lowest BCUT2D eigenvalue weighted by Gasteiger charge is -2.04. The molecular weight excluding hydrogens is 254 g/mol. The molecule has 3 rings (SSSR count). The van der Waals surface area contributed by atoms with Crippen LogP contribution in [0.5, 0.6) is 5.88 Å². The number of fused-ring (bicyclic) bond motifs is 1. The molecule has 0 spiro atoms. The van der Waals surface area contributed by atoms with Crippen LogP contribution in [0.15, 0.2) is 40.9 Å². The van der Waals surface area contributed by atoms with Gasteiger partial charge in [0.25, 0.3) is 0 Å². The van der Waals surface area contributed by atoms with Crippen LogP contribution in [0.2, 0.25) is 0 Å². The number of nitrogens with zero attached hydrogens (tertiary/aromatic N) is 2. The molecule has 0 aliphatic heterocycles. The zero-order valence-corrected chi connectivity index (χ0v) is 11.2. The minimum absolute atomic E-state index is 0.389. The fourth-order valence-electron chi connectivity index (χ4n) is 2.05. The highest BCUT2D eigenvalue weighted by atomic mass is 16.5. The average molecular weight is 269 g/mol. The molecule has 2 aromatic heterocycles. The maximum atomic E-state index is 5.58. The third kappa shape index (κ3) is 2.35. The van der Waals surface area contributed by atoms with E-state index >= 15 is 0 Å². The van der Waals surface area contributed by atoms with Crippen molar-refractivity contribution in [3.63, 3.8) is 0 Å². The Bertz CT molecular complexity index is 737. The Labute approximate surface area is 116 Å². The van der Waals surface area contributed by atoms with Crippen molar-refractivity contribution in [2.45, 2.75) is 13.5 Å². The minimum atomic E-state index is 0.389. The van der Waals surface area contributed by atoms with Gasteiger partial charge in [-0.05, 0) is 31.2 Å². The summed E-state index contributed by atoms with van der Waals surface area (Å²) in [5.74, 6) is 1.97. The van der Waals surface area contributed by atoms with Gasteiger partial charge in [-0.3, -0.25) is 0 Å². The Hall–Kier alpha value is -2.40. The Kier molecular flexibility index (Phi) is 3.35. The first kappa shape index (κ1) is 12.6. The summed E-state index contributed by atoms with van der Waals surface area (Å²) >= 11 is 0. The van der Waals surface area contributed by atoms with Gasteiger partial charge in [-0.25, -0.2) is 4.98 Å². The molecule has 0 saturated carbocycles. The molecule has 0 radical (unpaired) electrons. The summed E-state index contributed by atoms with van der Waals surface area (Å²) in [6.07, 6.45) is 1.69. The number of hydrogen-bond acceptors (Lipinski definition) is 5. The van der Waals surface area contributed by atoms with E-state index in [9.17, 15) is 0 Å². The standard InChI is InChI=1S/C15H15N3O2/c1-2-19-14-5-6-17-15(18-14)10-3-4-13-11(7-10)8-12(9-16)20-13/h3-8H,2,9,16H2,1H3. The molecule has 102 valence electrons. The summed E-state index contributed by atoms with van der Waals surface area (Å²) < 4.78 is 11.0. The van der Waals surface area contributed by atoms with Gasteiger partial charge in [0, 0.05) is 23.2 Å². The quantitative estimate of drug-likeness (QED) is 0.788. The van der Waals surface area contributed by atoms with Gasteiger partial charge in [-0.1, -0.05) is 0 Å². The van der Waals surface area contributed by atoms with Crippen molar-refractivity contribution < 1.29 is 9.15 Å². The second-order valence-corrected chi connectivity index (χ2v) is 4.32. The van der Waals surface area contributed by atoms with Gasteiger partial charge in [0.2, 0.25) is 5.88 Å². The highest BCUT2D eigenvalue weighted by Crippen LogP contribution is 2.25. The highest BCUT2D eigenvalue weighted by molar-refractivity contribution is 5.82. The third-order valence-electron chi connectivity index (χ3n) is 2.95. The van der Waals surface area contributed by atoms with Crippen molar-refractivity contribution in [1.29, 1.82) is 0 Å². The van der Waals surface area contributed by atoms with Crippen LogP contribution < -0.4 is 10.5 Å². The fourth-order valence-corrected chi connectivity index (χ4v) is 2.05. The molecule has 1 aromatic carbocycles. The van der Waals surface area contributed by atoms with E-state index in [1.54, 1.807) is 12.3 Å². The number of ether oxygens (including phenoxy) is 1. The second-order valence-electron chi connectivity index (χ2n) is 4.32. The van der Waals surface area contributed by atoms with Crippen LogP contribution in [0.1, 0.15) is 12.7 Å². The van der Waals surface area contributed by atoms with Crippen molar-refractivity contribution in [2.24, 2.45) is 5.73 Å². The van der Waals surface area contributed by atoms with Gasteiger partial charge in [0.15, 0.2) is 5.82 Å². The molecule has 5 heteroatoms. The van der Waals surface area contributed by atoms with E-state index in [1.807, 2.05) is 31.2 Å². The Balaban J connectivity index is 2.02. The highest BCUT2D eigenvalue weighted by Gasteiger charge is 2.07. The number of furan rings is 1. The lowest BCUT2D eigenvalue weighted by molar-refractivity contribution is 0.326. The Morgan fingerprint density at radius 1 is 1.25 bits per heavy atom. The lowest BCUT2D eigenvalue weighted by Crippen LogP contribution is -1.96. The lowest BCUT2D eigenvalue weighted by atomic mass is 10.1. The van der Waals surface area contributed by atoms with Crippen LogP contribution in [0, 0.1) is 0 Å². The second kappa shape index (κ2) is 5.30. The summed E-state index contributed by atoms with van der Waals surface area (Å²) in [4.78, 5) is 8.66. The van der Waals surface area contributed by atoms with Gasteiger partial charge in [0.05, 0.1) is 13.2 Å². The summed E-state index contributed by atoms with van der Waals surface area (Å²) in [6, 6.07) is 9.50. The molecule has 0 atom stereocenters. The van der Waals surface area contributed by atoms with Crippen LogP contribution in [-0.2, 0) is 6.54 Å². The van der Waals surface area contributed by atoms with Crippen LogP contribution in [0.25, 0.3) is 22.4 Å². The molecule has 2 N–H and O–H groups in total. The molecule has 2 heterocycles. The smallest absolute Gasteiger partial charge is 0.216 e. The SMILES string of the molecule is CCOc1ccnc(-c2ccc3oc(CN)cc3c2)n1. The van der Waals surface area contributed by atoms with Crippen molar-refractivity contribution in [1.82, 2.24) is 9.97 Å². The van der Waals surface area contributed by atoms with Crippen molar-refractivity contribution in [3.05, 3.63) is 42.3 Å². The van der Waals surface area contributed by atoms with Gasteiger partial charge >= 0.3 is 0 Å². The summed E-state index contributed by atoms with van der Waals surface area (Å²) in [5, 5.41) is 0.994. The molecule has 0 unspecified atom stereocenters. The molecule has 0 aliphatic rings. The van der Waals surface area contributed by atoms with E-state index in [0.717, 1.165) is 22.3 Å². The molecule has 3 aromatic rings. The molecule has 5 nitrogen and oxygen atoms in total. The Morgan fingerprint density at radius 2 is 2.15 bits per heavy atom. The van der Waals surface area contributed by atoms with E-state index in [2.05, 4.69) is 9.97 Å². The topological polar surface area (TPSA) is 74.2 Å². The molecular formula is C15H15N3O2. The summed E-state index contributed by atoms with van der Waals surface area (Å²) in [5.41, 5.74) is 7.32. The third-order valence-corrected chi connectivity index (χ3v) is 2.95. The molecule has 0 amide bonds. The number of benzene rings is 1. The first-order valence-electron chi connectivity index (χ1n) is 6.49. The van der Waals surface area contributed by atoms with E-state index < -0.39 is 0 Å². The summed E-state index contributed by atoms with van der Waals surface area (Å²) in [7, 11) is 0. The van der Waals surface area contributed by atoms with Gasteiger partial charge < -0.3 is 14.9 Å². The molecule has 0 saturated heterocycles. The Morgan fingerprint density at radius 3 is 2.95 bits per heavy atom. The molecule has 20 heavy (non-hydrogen) atoms. The number of aromatic nitrogens is 2. The first-order valence-corrected chi connectivity index (χ1v) is 6.49. The van der Waals surface area contributed by atoms with Gasteiger partial charge in [-0.15, -0.1) is 0 Å². The van der Waals surface area contributed by atoms with E-state index in [0.29, 0.717) is 24.9 Å². The predicted molar refractivity (Wildman–Crippen MR) is 76.3 cm³/mol. The van der Waals surface area contributed by atoms with Crippen LogP contribution in [0.3, 0.4) is 0 Å². The number of rotatable bonds is 4. The predicted octanol–water partition coefficient (Wildman–Crippen LogP) is 2.75. The van der Waals surface area contributed by atoms with E-state index in [-0.39, 0.29) is 0 Å². The molecule has 0 aliphatic carbocycles. The zero-order chi connectivity index (χ0) is 13.9. The fraction of sp³-hybridized carbons (Fsp3) is 0.200. The maximum Gasteiger partial charge on any atom is 0.216 e.